The van der Waals surface area contributed by atoms with Crippen molar-refractivity contribution in [3.63, 3.8) is 0 Å². The topological polar surface area (TPSA) is 104 Å². The summed E-state index contributed by atoms with van der Waals surface area (Å²) >= 11 is 1.57. The van der Waals surface area contributed by atoms with Crippen LogP contribution in [0.4, 0.5) is 5.95 Å². The quantitative estimate of drug-likeness (QED) is 0.518. The molecule has 4 rings (SSSR count). The summed E-state index contributed by atoms with van der Waals surface area (Å²) in [5, 5.41) is 23.8. The Labute approximate surface area is 151 Å². The molecule has 0 N–H and O–H groups in total. The number of allylic oxidation sites excluding steroid dienone is 2. The van der Waals surface area contributed by atoms with Crippen molar-refractivity contribution in [2.45, 2.75) is 18.4 Å². The first-order valence-corrected chi connectivity index (χ1v) is 8.78. The molecule has 0 aliphatic heterocycles. The van der Waals surface area contributed by atoms with E-state index in [1.165, 1.54) is 0 Å². The first-order valence-electron chi connectivity index (χ1n) is 7.90. The van der Waals surface area contributed by atoms with Crippen molar-refractivity contribution in [3.8, 4) is 0 Å². The standard InChI is InChI=1S/C17H13N5O3S/c23-14-10-12(15-7-4-8-26-15)9-13(11-5-2-1-3-6-11)16(14)21-19-17(18-20-21)22(24)25/h1-8,10,13,16H,9H2/t13-,16+/m0/s1. The molecule has 3 aromatic rings. The van der Waals surface area contributed by atoms with Crippen LogP contribution in [0.2, 0.25) is 0 Å². The Morgan fingerprint density at radius 3 is 2.65 bits per heavy atom. The summed E-state index contributed by atoms with van der Waals surface area (Å²) < 4.78 is 0. The van der Waals surface area contributed by atoms with Crippen molar-refractivity contribution in [1.29, 1.82) is 0 Å². The maximum Gasteiger partial charge on any atom is 0.514 e. The van der Waals surface area contributed by atoms with Crippen LogP contribution in [0.25, 0.3) is 5.57 Å². The minimum absolute atomic E-state index is 0.194. The van der Waals surface area contributed by atoms with E-state index in [1.807, 2.05) is 47.8 Å². The maximum atomic E-state index is 12.9. The summed E-state index contributed by atoms with van der Waals surface area (Å²) in [5.74, 6) is -1.04. The molecule has 1 aliphatic carbocycles. The van der Waals surface area contributed by atoms with E-state index in [0.29, 0.717) is 6.42 Å². The van der Waals surface area contributed by atoms with Gasteiger partial charge in [-0.25, -0.2) is 0 Å². The Hall–Kier alpha value is -3.20. The zero-order chi connectivity index (χ0) is 18.1. The second kappa shape index (κ2) is 6.60. The highest BCUT2D eigenvalue weighted by Gasteiger charge is 2.39. The third-order valence-corrected chi connectivity index (χ3v) is 5.27. The van der Waals surface area contributed by atoms with Gasteiger partial charge in [0.2, 0.25) is 0 Å². The van der Waals surface area contributed by atoms with Crippen LogP contribution in [0.5, 0.6) is 0 Å². The summed E-state index contributed by atoms with van der Waals surface area (Å²) in [5.41, 5.74) is 1.90. The fourth-order valence-corrected chi connectivity index (χ4v) is 3.93. The van der Waals surface area contributed by atoms with Crippen molar-refractivity contribution in [3.05, 3.63) is 74.5 Å². The van der Waals surface area contributed by atoms with Gasteiger partial charge in [0.25, 0.3) is 0 Å². The fourth-order valence-electron chi connectivity index (χ4n) is 3.18. The van der Waals surface area contributed by atoms with Gasteiger partial charge in [-0.15, -0.1) is 11.3 Å². The van der Waals surface area contributed by atoms with E-state index in [1.54, 1.807) is 17.4 Å². The van der Waals surface area contributed by atoms with Crippen molar-refractivity contribution < 1.29 is 9.72 Å². The minimum Gasteiger partial charge on any atom is -0.390 e. The molecule has 0 radical (unpaired) electrons. The Kier molecular flexibility index (Phi) is 4.13. The molecule has 2 aromatic heterocycles. The van der Waals surface area contributed by atoms with Gasteiger partial charge in [0.15, 0.2) is 11.8 Å². The molecule has 26 heavy (non-hydrogen) atoms. The lowest BCUT2D eigenvalue weighted by Crippen LogP contribution is -2.30. The van der Waals surface area contributed by atoms with Gasteiger partial charge in [-0.3, -0.25) is 4.79 Å². The van der Waals surface area contributed by atoms with E-state index < -0.39 is 16.9 Å². The largest absolute Gasteiger partial charge is 0.514 e. The smallest absolute Gasteiger partial charge is 0.390 e. The Bertz CT molecular complexity index is 981. The minimum atomic E-state index is -0.762. The van der Waals surface area contributed by atoms with Gasteiger partial charge < -0.3 is 10.1 Å². The Balaban J connectivity index is 1.78. The predicted octanol–water partition coefficient (Wildman–Crippen LogP) is 3.02. The number of hydrogen-bond donors (Lipinski definition) is 0. The average Bonchev–Trinajstić information content (AvgIpc) is 3.34. The molecule has 0 spiro atoms. The molecular weight excluding hydrogens is 354 g/mol. The number of benzene rings is 1. The molecule has 1 aliphatic rings. The lowest BCUT2D eigenvalue weighted by molar-refractivity contribution is -0.394. The number of aromatic nitrogens is 4. The highest BCUT2D eigenvalue weighted by atomic mass is 32.1. The molecule has 0 saturated carbocycles. The van der Waals surface area contributed by atoms with Crippen molar-refractivity contribution >= 4 is 28.6 Å². The number of ketones is 1. The molecule has 0 saturated heterocycles. The van der Waals surface area contributed by atoms with Crippen LogP contribution in [0, 0.1) is 10.1 Å². The summed E-state index contributed by atoms with van der Waals surface area (Å²) in [6, 6.07) is 12.7. The summed E-state index contributed by atoms with van der Waals surface area (Å²) in [4.78, 5) is 25.1. The first kappa shape index (κ1) is 16.3. The van der Waals surface area contributed by atoms with Crippen LogP contribution in [0.15, 0.2) is 53.9 Å². The maximum absolute atomic E-state index is 12.9. The molecule has 1 aromatic carbocycles. The van der Waals surface area contributed by atoms with Crippen LogP contribution in [0.1, 0.15) is 28.8 Å². The number of carbonyl (C=O) groups is 1. The molecule has 0 bridgehead atoms. The lowest BCUT2D eigenvalue weighted by Gasteiger charge is -2.28. The first-order chi connectivity index (χ1) is 12.6. The van der Waals surface area contributed by atoms with Crippen molar-refractivity contribution in [2.24, 2.45) is 0 Å². The van der Waals surface area contributed by atoms with E-state index in [-0.39, 0.29) is 11.7 Å². The number of tetrazole rings is 1. The number of nitrogens with zero attached hydrogens (tertiary/aromatic N) is 5. The number of hydrogen-bond acceptors (Lipinski definition) is 7. The van der Waals surface area contributed by atoms with Crippen LogP contribution in [0.3, 0.4) is 0 Å². The number of carbonyl (C=O) groups excluding carboxylic acids is 1. The van der Waals surface area contributed by atoms with Gasteiger partial charge in [-0.2, -0.15) is 0 Å². The molecule has 8 nitrogen and oxygen atoms in total. The summed E-state index contributed by atoms with van der Waals surface area (Å²) in [6.45, 7) is 0. The van der Waals surface area contributed by atoms with Gasteiger partial charge >= 0.3 is 5.95 Å². The van der Waals surface area contributed by atoms with Crippen LogP contribution in [-0.4, -0.2) is 30.9 Å². The van der Waals surface area contributed by atoms with E-state index in [4.69, 9.17) is 0 Å². The van der Waals surface area contributed by atoms with Crippen LogP contribution < -0.4 is 0 Å². The monoisotopic (exact) mass is 367 g/mol. The third-order valence-electron chi connectivity index (χ3n) is 4.32. The van der Waals surface area contributed by atoms with Crippen molar-refractivity contribution in [1.82, 2.24) is 20.2 Å². The summed E-state index contributed by atoms with van der Waals surface area (Å²) in [7, 11) is 0. The Morgan fingerprint density at radius 2 is 2.00 bits per heavy atom. The zero-order valence-corrected chi connectivity index (χ0v) is 14.2. The highest BCUT2D eigenvalue weighted by molar-refractivity contribution is 7.11. The number of nitro groups is 1. The number of rotatable bonds is 4. The molecule has 0 fully saturated rings. The van der Waals surface area contributed by atoms with E-state index in [9.17, 15) is 14.9 Å². The molecular formula is C17H13N5O3S. The normalized spacial score (nSPS) is 20.0. The lowest BCUT2D eigenvalue weighted by atomic mass is 9.79. The van der Waals surface area contributed by atoms with Gasteiger partial charge in [0.05, 0.1) is 10.2 Å². The van der Waals surface area contributed by atoms with E-state index in [2.05, 4.69) is 15.4 Å². The van der Waals surface area contributed by atoms with E-state index in [0.717, 1.165) is 20.8 Å². The highest BCUT2D eigenvalue weighted by Crippen LogP contribution is 2.42. The zero-order valence-electron chi connectivity index (χ0n) is 13.4. The van der Waals surface area contributed by atoms with Gasteiger partial charge in [-0.05, 0) is 40.0 Å². The second-order valence-corrected chi connectivity index (χ2v) is 6.83. The van der Waals surface area contributed by atoms with E-state index >= 15 is 0 Å². The molecule has 2 atom stereocenters. The Morgan fingerprint density at radius 1 is 1.19 bits per heavy atom. The van der Waals surface area contributed by atoms with Gasteiger partial charge in [0, 0.05) is 16.0 Å². The third kappa shape index (κ3) is 2.93. The van der Waals surface area contributed by atoms with Gasteiger partial charge in [-0.1, -0.05) is 41.2 Å². The van der Waals surface area contributed by atoms with Crippen LogP contribution >= 0.6 is 11.3 Å². The van der Waals surface area contributed by atoms with Gasteiger partial charge in [0.1, 0.15) is 0 Å². The summed E-state index contributed by atoms with van der Waals surface area (Å²) in [6.07, 6.45) is 2.20. The average molecular weight is 367 g/mol. The molecule has 0 unspecified atom stereocenters. The molecule has 130 valence electrons. The SMILES string of the molecule is O=C1C=C(c2cccs2)C[C@@H](c2ccccc2)[C@H]1n1nnc([N+](=O)[O-])n1. The molecule has 2 heterocycles. The number of thiophene rings is 1. The van der Waals surface area contributed by atoms with Crippen LogP contribution in [-0.2, 0) is 4.79 Å². The molecule has 9 heteroatoms. The van der Waals surface area contributed by atoms with Crippen molar-refractivity contribution in [2.75, 3.05) is 0 Å². The predicted molar refractivity (Wildman–Crippen MR) is 94.6 cm³/mol. The second-order valence-electron chi connectivity index (χ2n) is 5.88. The fraction of sp³-hybridized carbons (Fsp3) is 0.176. The molecule has 0 amide bonds.